The molecule has 0 spiro atoms. The molecule has 0 bridgehead atoms. The molecule has 9 heavy (non-hydrogen) atoms. The fourth-order valence-corrected chi connectivity index (χ4v) is 0.673. The van der Waals surface area contributed by atoms with Crippen LogP contribution in [0.15, 0.2) is 30.3 Å². The molecule has 0 saturated carbocycles. The smallest absolute Gasteiger partial charge is 0.159 e. The maximum Gasteiger partial charge on any atom is 0.159 e. The van der Waals surface area contributed by atoms with Crippen LogP contribution in [0.4, 0.5) is 0 Å². The van der Waals surface area contributed by atoms with Gasteiger partial charge in [-0.05, 0) is 6.92 Å². The summed E-state index contributed by atoms with van der Waals surface area (Å²) in [6.07, 6.45) is 0. The molecule has 0 aromatic heterocycles. The van der Waals surface area contributed by atoms with E-state index in [1.807, 2.05) is 30.3 Å². The van der Waals surface area contributed by atoms with Crippen molar-refractivity contribution < 1.29 is 4.79 Å². The molecule has 1 aromatic rings. The number of rotatable bonds is 1. The van der Waals surface area contributed by atoms with Crippen LogP contribution in [0.5, 0.6) is 0 Å². The van der Waals surface area contributed by atoms with Gasteiger partial charge in [0.1, 0.15) is 0 Å². The average molecular weight is 121 g/mol. The summed E-state index contributed by atoms with van der Waals surface area (Å²) in [4.78, 5) is 10.6. The Morgan fingerprint density at radius 2 is 1.78 bits per heavy atom. The van der Waals surface area contributed by atoms with E-state index in [1.54, 1.807) is 6.92 Å². The third-order valence-electron chi connectivity index (χ3n) is 1.18. The van der Waals surface area contributed by atoms with E-state index in [0.29, 0.717) is 0 Å². The number of hydrogen-bond acceptors (Lipinski definition) is 1. The Balaban J connectivity index is 2.98. The van der Waals surface area contributed by atoms with Gasteiger partial charge in [0.2, 0.25) is 0 Å². The molecule has 0 saturated heterocycles. The Morgan fingerprint density at radius 1 is 1.22 bits per heavy atom. The van der Waals surface area contributed by atoms with Gasteiger partial charge in [-0.25, -0.2) is 0 Å². The summed E-state index contributed by atoms with van der Waals surface area (Å²) >= 11 is 0. The van der Waals surface area contributed by atoms with E-state index in [1.165, 1.54) is 0 Å². The van der Waals surface area contributed by atoms with Crippen LogP contribution in [0.3, 0.4) is 0 Å². The van der Waals surface area contributed by atoms with Crippen molar-refractivity contribution in [3.8, 4) is 0 Å². The highest BCUT2D eigenvalue weighted by Crippen LogP contribution is 1.97. The van der Waals surface area contributed by atoms with Crippen LogP contribution < -0.4 is 0 Å². The monoisotopic (exact) mass is 121 g/mol. The fourth-order valence-electron chi connectivity index (χ4n) is 0.673. The first-order valence-corrected chi connectivity index (χ1v) is 2.86. The second-order valence-electron chi connectivity index (χ2n) is 1.92. The number of hydrogen-bond donors (Lipinski definition) is 0. The standard InChI is InChI=1S/C8H8O/c1-7(9)8-5-3-2-4-6-8/h2-6H,1H3/i1+1. The van der Waals surface area contributed by atoms with E-state index < -0.39 is 0 Å². The third-order valence-corrected chi connectivity index (χ3v) is 1.18. The Hall–Kier alpha value is -1.11. The van der Waals surface area contributed by atoms with Crippen molar-refractivity contribution in [1.29, 1.82) is 0 Å². The van der Waals surface area contributed by atoms with Gasteiger partial charge < -0.3 is 0 Å². The molecule has 0 radical (unpaired) electrons. The number of ketones is 1. The second kappa shape index (κ2) is 2.44. The van der Waals surface area contributed by atoms with Crippen LogP contribution in [-0.4, -0.2) is 5.78 Å². The number of Topliss-reactive ketones (excluding diaryl/α,β-unsaturated/α-hetero) is 1. The van der Waals surface area contributed by atoms with Crippen LogP contribution in [-0.2, 0) is 0 Å². The van der Waals surface area contributed by atoms with Crippen LogP contribution in [0, 0.1) is 0 Å². The largest absolute Gasteiger partial charge is 0.295 e. The van der Waals surface area contributed by atoms with Crippen molar-refractivity contribution in [3.05, 3.63) is 35.9 Å². The van der Waals surface area contributed by atoms with Crippen molar-refractivity contribution in [3.63, 3.8) is 0 Å². The lowest BCUT2D eigenvalue weighted by atomic mass is 10.2. The molecular weight excluding hydrogens is 113 g/mol. The highest BCUT2D eigenvalue weighted by molar-refractivity contribution is 5.93. The molecule has 1 rings (SSSR count). The first kappa shape index (κ1) is 6.02. The maximum atomic E-state index is 10.6. The van der Waals surface area contributed by atoms with Gasteiger partial charge in [0.15, 0.2) is 5.78 Å². The molecular formula is C8H8O. The minimum Gasteiger partial charge on any atom is -0.295 e. The Labute approximate surface area is 54.3 Å². The average Bonchev–Trinajstić information content (AvgIpc) is 1.90. The lowest BCUT2D eigenvalue weighted by Gasteiger charge is -1.89. The van der Waals surface area contributed by atoms with Crippen molar-refractivity contribution in [2.45, 2.75) is 6.92 Å². The first-order valence-electron chi connectivity index (χ1n) is 2.86. The summed E-state index contributed by atoms with van der Waals surface area (Å²) < 4.78 is 0. The summed E-state index contributed by atoms with van der Waals surface area (Å²) in [5.74, 6) is 0.121. The van der Waals surface area contributed by atoms with Gasteiger partial charge in [-0.2, -0.15) is 0 Å². The molecule has 0 N–H and O–H groups in total. The van der Waals surface area contributed by atoms with Crippen LogP contribution in [0.1, 0.15) is 17.3 Å². The lowest BCUT2D eigenvalue weighted by molar-refractivity contribution is 0.101. The predicted octanol–water partition coefficient (Wildman–Crippen LogP) is 1.89. The molecule has 46 valence electrons. The molecule has 0 aliphatic rings. The maximum absolute atomic E-state index is 10.6. The molecule has 0 aliphatic heterocycles. The highest BCUT2D eigenvalue weighted by Gasteiger charge is 1.92. The van der Waals surface area contributed by atoms with E-state index in [-0.39, 0.29) is 5.78 Å². The quantitative estimate of drug-likeness (QED) is 0.409. The van der Waals surface area contributed by atoms with E-state index in [0.717, 1.165) is 5.56 Å². The summed E-state index contributed by atoms with van der Waals surface area (Å²) in [7, 11) is 0. The van der Waals surface area contributed by atoms with Gasteiger partial charge >= 0.3 is 0 Å². The lowest BCUT2D eigenvalue weighted by Crippen LogP contribution is -1.88. The van der Waals surface area contributed by atoms with Crippen LogP contribution in [0.25, 0.3) is 0 Å². The molecule has 0 fully saturated rings. The fraction of sp³-hybridized carbons (Fsp3) is 0.125. The third kappa shape index (κ3) is 1.39. The minimum atomic E-state index is 0.121. The van der Waals surface area contributed by atoms with Crippen LogP contribution >= 0.6 is 0 Å². The Kier molecular flexibility index (Phi) is 1.63. The van der Waals surface area contributed by atoms with E-state index >= 15 is 0 Å². The van der Waals surface area contributed by atoms with Gasteiger partial charge in [0.25, 0.3) is 0 Å². The van der Waals surface area contributed by atoms with Crippen molar-refractivity contribution in [2.75, 3.05) is 0 Å². The normalized spacial score (nSPS) is 9.00. The van der Waals surface area contributed by atoms with Crippen molar-refractivity contribution >= 4 is 5.78 Å². The van der Waals surface area contributed by atoms with Gasteiger partial charge in [0.05, 0.1) is 0 Å². The summed E-state index contributed by atoms with van der Waals surface area (Å²) in [6, 6.07) is 9.23. The molecule has 1 aromatic carbocycles. The number of carbonyl (C=O) groups excluding carboxylic acids is 1. The van der Waals surface area contributed by atoms with Crippen molar-refractivity contribution in [1.82, 2.24) is 0 Å². The van der Waals surface area contributed by atoms with Gasteiger partial charge in [-0.1, -0.05) is 30.3 Å². The molecule has 0 atom stereocenters. The zero-order chi connectivity index (χ0) is 6.69. The number of benzene rings is 1. The van der Waals surface area contributed by atoms with E-state index in [4.69, 9.17) is 0 Å². The van der Waals surface area contributed by atoms with Crippen molar-refractivity contribution in [2.24, 2.45) is 0 Å². The number of carbonyl (C=O) groups is 1. The zero-order valence-corrected chi connectivity index (χ0v) is 5.29. The second-order valence-corrected chi connectivity index (χ2v) is 1.92. The summed E-state index contributed by atoms with van der Waals surface area (Å²) in [5, 5.41) is 0. The molecule has 0 unspecified atom stereocenters. The Morgan fingerprint density at radius 3 is 2.11 bits per heavy atom. The van der Waals surface area contributed by atoms with Crippen LogP contribution in [0.2, 0.25) is 0 Å². The highest BCUT2D eigenvalue weighted by atomic mass is 16.1. The summed E-state index contributed by atoms with van der Waals surface area (Å²) in [5.41, 5.74) is 0.775. The predicted molar refractivity (Wildman–Crippen MR) is 36.4 cm³/mol. The van der Waals surface area contributed by atoms with Gasteiger partial charge in [-0.15, -0.1) is 0 Å². The zero-order valence-electron chi connectivity index (χ0n) is 5.29. The Bertz CT molecular complexity index is 201. The summed E-state index contributed by atoms with van der Waals surface area (Å²) in [6.45, 7) is 1.56. The minimum absolute atomic E-state index is 0.121. The molecule has 0 aliphatic carbocycles. The molecule has 1 heteroatoms. The first-order chi connectivity index (χ1) is 4.30. The van der Waals surface area contributed by atoms with E-state index in [2.05, 4.69) is 0 Å². The topological polar surface area (TPSA) is 17.1 Å². The SMILES string of the molecule is [13CH3]C(=O)c1ccccc1. The van der Waals surface area contributed by atoms with Gasteiger partial charge in [0, 0.05) is 5.56 Å². The molecule has 0 amide bonds. The van der Waals surface area contributed by atoms with Gasteiger partial charge in [-0.3, -0.25) is 4.79 Å². The molecule has 1 nitrogen and oxygen atoms in total. The van der Waals surface area contributed by atoms with E-state index in [9.17, 15) is 4.79 Å². The molecule has 0 heterocycles.